The summed E-state index contributed by atoms with van der Waals surface area (Å²) in [5, 5.41) is 0. The van der Waals surface area contributed by atoms with Crippen molar-refractivity contribution in [3.63, 3.8) is 0 Å². The van der Waals surface area contributed by atoms with Crippen LogP contribution in [0.5, 0.6) is 0 Å². The minimum Gasteiger partial charge on any atom is -0.334 e. The van der Waals surface area contributed by atoms with Gasteiger partial charge in [-0.2, -0.15) is 0 Å². The molecule has 0 spiro atoms. The lowest BCUT2D eigenvalue weighted by Gasteiger charge is -2.50. The van der Waals surface area contributed by atoms with Crippen molar-refractivity contribution < 1.29 is 0 Å². The summed E-state index contributed by atoms with van der Waals surface area (Å²) in [6.45, 7) is 5.25. The normalized spacial score (nSPS) is 22.5. The number of rotatable bonds is 3. The Morgan fingerprint density at radius 3 is 1.90 bits per heavy atom. The third-order valence-corrected chi connectivity index (χ3v) is 10.5. The van der Waals surface area contributed by atoms with E-state index in [0.717, 1.165) is 0 Å². The van der Waals surface area contributed by atoms with Gasteiger partial charge in [0, 0.05) is 33.9 Å². The molecule has 2 nitrogen and oxygen atoms in total. The van der Waals surface area contributed by atoms with Crippen molar-refractivity contribution in [2.75, 3.05) is 9.80 Å². The zero-order chi connectivity index (χ0) is 27.6. The highest BCUT2D eigenvalue weighted by Gasteiger charge is 2.58. The zero-order valence-electron chi connectivity index (χ0n) is 23.9. The molecule has 1 fully saturated rings. The molecular weight excluding hydrogens is 495 g/mol. The van der Waals surface area contributed by atoms with E-state index in [-0.39, 0.29) is 17.7 Å². The van der Waals surface area contributed by atoms with Gasteiger partial charge in [0.15, 0.2) is 0 Å². The van der Waals surface area contributed by atoms with Crippen molar-refractivity contribution in [2.24, 2.45) is 0 Å². The van der Waals surface area contributed by atoms with Crippen LogP contribution in [0.3, 0.4) is 0 Å². The summed E-state index contributed by atoms with van der Waals surface area (Å²) in [5.41, 5.74) is 12.1. The average Bonchev–Trinajstić information content (AvgIpc) is 3.22. The van der Waals surface area contributed by atoms with Gasteiger partial charge in [0.2, 0.25) is 6.71 Å². The summed E-state index contributed by atoms with van der Waals surface area (Å²) in [4.78, 5) is 5.20. The molecule has 1 aliphatic carbocycles. The molecule has 3 heteroatoms. The molecule has 2 unspecified atom stereocenters. The van der Waals surface area contributed by atoms with Crippen LogP contribution in [0, 0.1) is 0 Å². The van der Waals surface area contributed by atoms with E-state index in [1.165, 1.54) is 76.1 Å². The van der Waals surface area contributed by atoms with Crippen molar-refractivity contribution in [2.45, 2.75) is 50.5 Å². The lowest BCUT2D eigenvalue weighted by molar-refractivity contribution is 0.195. The molecule has 0 saturated heterocycles. The monoisotopic (exact) mass is 530 g/mol. The Balaban J connectivity index is 1.46. The molecule has 41 heavy (non-hydrogen) atoms. The smallest absolute Gasteiger partial charge is 0.246 e. The van der Waals surface area contributed by atoms with E-state index in [2.05, 4.69) is 151 Å². The maximum atomic E-state index is 2.70. The molecule has 2 atom stereocenters. The minimum atomic E-state index is 0.0194. The largest absolute Gasteiger partial charge is 0.334 e. The first-order chi connectivity index (χ1) is 20.1. The molecule has 3 aliphatic rings. The second-order valence-corrected chi connectivity index (χ2v) is 12.5. The second-order valence-electron chi connectivity index (χ2n) is 12.5. The van der Waals surface area contributed by atoms with E-state index in [0.29, 0.717) is 0 Å². The van der Waals surface area contributed by atoms with Crippen LogP contribution in [0.4, 0.5) is 28.4 Å². The van der Waals surface area contributed by atoms with E-state index in [4.69, 9.17) is 0 Å². The topological polar surface area (TPSA) is 6.48 Å². The Kier molecular flexibility index (Phi) is 5.47. The maximum absolute atomic E-state index is 2.70. The SMILES string of the molecule is CC12CCCCC1(C)N(c1ccccc1)c1cc3c(cc12)B(c1ccccc1)c1ccccc1N3c1ccccc1. The standard InChI is InChI=1S/C38H35BN2/c1-37-24-14-15-25-38(37,2)41(30-20-10-5-11-21-30)35-27-36-33(26-31(35)37)39(28-16-6-3-7-17-28)32-22-12-13-23-34(32)40(36)29-18-8-4-9-19-29/h3-13,16-23,26-27H,14-15,24-25H2,1-2H3. The molecule has 5 aromatic carbocycles. The van der Waals surface area contributed by atoms with Gasteiger partial charge in [-0.05, 0) is 72.7 Å². The number of benzene rings is 5. The predicted molar refractivity (Wildman–Crippen MR) is 175 cm³/mol. The minimum absolute atomic E-state index is 0.0194. The number of anilines is 5. The van der Waals surface area contributed by atoms with E-state index >= 15 is 0 Å². The van der Waals surface area contributed by atoms with Crippen LogP contribution in [-0.2, 0) is 5.41 Å². The van der Waals surface area contributed by atoms with Crippen LogP contribution >= 0.6 is 0 Å². The molecule has 2 heterocycles. The van der Waals surface area contributed by atoms with Gasteiger partial charge in [-0.25, -0.2) is 0 Å². The lowest BCUT2D eigenvalue weighted by Crippen LogP contribution is -2.57. The van der Waals surface area contributed by atoms with Crippen molar-refractivity contribution >= 4 is 51.5 Å². The molecule has 2 aliphatic heterocycles. The van der Waals surface area contributed by atoms with Gasteiger partial charge < -0.3 is 9.80 Å². The van der Waals surface area contributed by atoms with Crippen LogP contribution in [0.25, 0.3) is 0 Å². The number of hydrogen-bond acceptors (Lipinski definition) is 2. The summed E-state index contributed by atoms with van der Waals surface area (Å²) < 4.78 is 0. The van der Waals surface area contributed by atoms with E-state index < -0.39 is 0 Å². The van der Waals surface area contributed by atoms with Gasteiger partial charge in [-0.3, -0.25) is 0 Å². The Labute approximate surface area is 244 Å². The fourth-order valence-electron chi connectivity index (χ4n) is 8.28. The van der Waals surface area contributed by atoms with Crippen LogP contribution in [0.2, 0.25) is 0 Å². The first-order valence-corrected chi connectivity index (χ1v) is 15.1. The lowest BCUT2D eigenvalue weighted by atomic mass is 9.35. The fourth-order valence-corrected chi connectivity index (χ4v) is 8.28. The molecule has 0 radical (unpaired) electrons. The first kappa shape index (κ1) is 24.6. The van der Waals surface area contributed by atoms with Crippen molar-refractivity contribution in [3.05, 3.63) is 133 Å². The Bertz CT molecular complexity index is 1740. The molecule has 0 amide bonds. The van der Waals surface area contributed by atoms with Gasteiger partial charge in [0.05, 0.1) is 5.54 Å². The summed E-state index contributed by atoms with van der Waals surface area (Å²) in [7, 11) is 0. The zero-order valence-corrected chi connectivity index (χ0v) is 23.9. The quantitative estimate of drug-likeness (QED) is 0.216. The highest BCUT2D eigenvalue weighted by molar-refractivity contribution is 6.98. The summed E-state index contributed by atoms with van der Waals surface area (Å²) in [5.74, 6) is 0. The Morgan fingerprint density at radius 2 is 1.17 bits per heavy atom. The molecule has 0 N–H and O–H groups in total. The molecule has 5 aromatic rings. The highest BCUT2D eigenvalue weighted by atomic mass is 15.3. The van der Waals surface area contributed by atoms with Crippen molar-refractivity contribution in [3.8, 4) is 0 Å². The molecule has 1 saturated carbocycles. The maximum Gasteiger partial charge on any atom is 0.246 e. The first-order valence-electron chi connectivity index (χ1n) is 15.1. The third kappa shape index (κ3) is 3.45. The Hall–Kier alpha value is -4.24. The van der Waals surface area contributed by atoms with E-state index in [1.54, 1.807) is 0 Å². The number of fused-ring (bicyclic) bond motifs is 5. The van der Waals surface area contributed by atoms with E-state index in [1.807, 2.05) is 0 Å². The number of hydrogen-bond donors (Lipinski definition) is 0. The van der Waals surface area contributed by atoms with Crippen LogP contribution in [0.15, 0.2) is 127 Å². The molecule has 0 bridgehead atoms. The average molecular weight is 531 g/mol. The fraction of sp³-hybridized carbons (Fsp3) is 0.211. The molecule has 8 rings (SSSR count). The van der Waals surface area contributed by atoms with Gasteiger partial charge in [0.25, 0.3) is 0 Å². The third-order valence-electron chi connectivity index (χ3n) is 10.5. The van der Waals surface area contributed by atoms with Gasteiger partial charge in [-0.1, -0.05) is 116 Å². The van der Waals surface area contributed by atoms with Crippen molar-refractivity contribution in [1.82, 2.24) is 0 Å². The van der Waals surface area contributed by atoms with Crippen LogP contribution in [-0.4, -0.2) is 12.3 Å². The van der Waals surface area contributed by atoms with Crippen LogP contribution in [0.1, 0.15) is 45.1 Å². The van der Waals surface area contributed by atoms with E-state index in [9.17, 15) is 0 Å². The summed E-state index contributed by atoms with van der Waals surface area (Å²) in [6.07, 6.45) is 4.97. The van der Waals surface area contributed by atoms with Gasteiger partial charge >= 0.3 is 0 Å². The molecule has 200 valence electrons. The van der Waals surface area contributed by atoms with Crippen LogP contribution < -0.4 is 26.2 Å². The summed E-state index contributed by atoms with van der Waals surface area (Å²) in [6, 6.07) is 47.3. The van der Waals surface area contributed by atoms with Crippen molar-refractivity contribution in [1.29, 1.82) is 0 Å². The second kappa shape index (κ2) is 9.14. The van der Waals surface area contributed by atoms with Gasteiger partial charge in [0.1, 0.15) is 0 Å². The Morgan fingerprint density at radius 1 is 0.561 bits per heavy atom. The predicted octanol–water partition coefficient (Wildman–Crippen LogP) is 7.73. The highest BCUT2D eigenvalue weighted by Crippen LogP contribution is 2.61. The van der Waals surface area contributed by atoms with Gasteiger partial charge in [-0.15, -0.1) is 0 Å². The number of para-hydroxylation sites is 3. The molecular formula is C38H35BN2. The molecule has 0 aromatic heterocycles. The summed E-state index contributed by atoms with van der Waals surface area (Å²) >= 11 is 0. The number of nitrogens with zero attached hydrogens (tertiary/aromatic N) is 2.